The molecule has 2 N–H and O–H groups in total. The van der Waals surface area contributed by atoms with E-state index in [0.29, 0.717) is 11.7 Å². The summed E-state index contributed by atoms with van der Waals surface area (Å²) < 4.78 is 0. The maximum absolute atomic E-state index is 8.61. The van der Waals surface area contributed by atoms with Crippen LogP contribution in [-0.4, -0.2) is 21.5 Å². The topological polar surface area (TPSA) is 47.9 Å². The van der Waals surface area contributed by atoms with Crippen molar-refractivity contribution in [1.29, 1.82) is 0 Å². The second-order valence-electron chi connectivity index (χ2n) is 3.88. The summed E-state index contributed by atoms with van der Waals surface area (Å²) in [4.78, 5) is 5.99. The van der Waals surface area contributed by atoms with Gasteiger partial charge in [-0.25, -0.2) is 4.99 Å². The number of hydrogen-bond donors (Lipinski definition) is 2. The molecule has 0 aromatic rings. The molecule has 1 heterocycles. The Morgan fingerprint density at radius 1 is 1.54 bits per heavy atom. The van der Waals surface area contributed by atoms with Crippen LogP contribution in [0.25, 0.3) is 0 Å². The zero-order valence-corrected chi connectivity index (χ0v) is 8.20. The van der Waals surface area contributed by atoms with E-state index in [4.69, 9.17) is 5.21 Å². The summed E-state index contributed by atoms with van der Waals surface area (Å²) in [6, 6.07) is 0. The minimum atomic E-state index is -0.0436. The van der Waals surface area contributed by atoms with Crippen molar-refractivity contribution in [2.24, 2.45) is 4.99 Å². The lowest BCUT2D eigenvalue weighted by Gasteiger charge is -2.35. The highest BCUT2D eigenvalue weighted by atomic mass is 16.5. The maximum Gasteiger partial charge on any atom is 0.153 e. The van der Waals surface area contributed by atoms with Gasteiger partial charge >= 0.3 is 0 Å². The first-order chi connectivity index (χ1) is 5.95. The Labute approximate surface area is 78.2 Å². The maximum atomic E-state index is 8.61. The van der Waals surface area contributed by atoms with Crippen LogP contribution in [0.1, 0.15) is 20.8 Å². The van der Waals surface area contributed by atoms with Crippen molar-refractivity contribution in [2.45, 2.75) is 26.3 Å². The number of amidine groups is 1. The standard InChI is InChI=1S/C9H15N3O/c1-7-10-8(11-13)5-6-12(7)9(2,3)4/h5-6,13H,1H2,2-4H3,(H,10,11). The molecule has 4 nitrogen and oxygen atoms in total. The highest BCUT2D eigenvalue weighted by Crippen LogP contribution is 2.22. The number of aliphatic imine (C=N–C) groups is 1. The molecule has 0 fully saturated rings. The summed E-state index contributed by atoms with van der Waals surface area (Å²) in [5.74, 6) is 1.03. The molecule has 13 heavy (non-hydrogen) atoms. The quantitative estimate of drug-likeness (QED) is 0.556. The lowest BCUT2D eigenvalue weighted by atomic mass is 10.1. The molecule has 72 valence electrons. The van der Waals surface area contributed by atoms with Gasteiger partial charge < -0.3 is 4.90 Å². The van der Waals surface area contributed by atoms with E-state index in [9.17, 15) is 0 Å². The summed E-state index contributed by atoms with van der Waals surface area (Å²) in [7, 11) is 0. The van der Waals surface area contributed by atoms with Crippen LogP contribution in [0.4, 0.5) is 0 Å². The fraction of sp³-hybridized carbons (Fsp3) is 0.444. The van der Waals surface area contributed by atoms with E-state index < -0.39 is 0 Å². The van der Waals surface area contributed by atoms with Crippen LogP contribution in [0.2, 0.25) is 0 Å². The Morgan fingerprint density at radius 3 is 2.54 bits per heavy atom. The van der Waals surface area contributed by atoms with Crippen molar-refractivity contribution < 1.29 is 5.21 Å². The van der Waals surface area contributed by atoms with Gasteiger partial charge in [0.05, 0.1) is 0 Å². The van der Waals surface area contributed by atoms with Gasteiger partial charge in [-0.3, -0.25) is 10.7 Å². The molecule has 0 aromatic heterocycles. The second kappa shape index (κ2) is 3.22. The van der Waals surface area contributed by atoms with Crippen LogP contribution in [0.15, 0.2) is 29.7 Å². The van der Waals surface area contributed by atoms with Gasteiger partial charge in [0.15, 0.2) is 5.84 Å². The van der Waals surface area contributed by atoms with E-state index in [2.05, 4.69) is 32.3 Å². The Kier molecular flexibility index (Phi) is 2.43. The normalized spacial score (nSPS) is 17.4. The number of rotatable bonds is 0. The minimum Gasteiger partial charge on any atom is -0.328 e. The van der Waals surface area contributed by atoms with Crippen LogP contribution < -0.4 is 5.48 Å². The van der Waals surface area contributed by atoms with Crippen molar-refractivity contribution in [3.63, 3.8) is 0 Å². The predicted octanol–water partition coefficient (Wildman–Crippen LogP) is 1.46. The number of hydrogen-bond acceptors (Lipinski definition) is 4. The third-order valence-corrected chi connectivity index (χ3v) is 1.75. The predicted molar refractivity (Wildman–Crippen MR) is 52.2 cm³/mol. The van der Waals surface area contributed by atoms with Crippen molar-refractivity contribution in [1.82, 2.24) is 10.4 Å². The lowest BCUT2D eigenvalue weighted by Crippen LogP contribution is -2.38. The summed E-state index contributed by atoms with van der Waals surface area (Å²) >= 11 is 0. The molecule has 1 aliphatic rings. The van der Waals surface area contributed by atoms with Gasteiger partial charge in [-0.1, -0.05) is 6.58 Å². The summed E-state index contributed by atoms with van der Waals surface area (Å²) in [5, 5.41) is 8.61. The van der Waals surface area contributed by atoms with Gasteiger partial charge in [0.25, 0.3) is 0 Å². The van der Waals surface area contributed by atoms with Crippen molar-refractivity contribution >= 4 is 5.84 Å². The van der Waals surface area contributed by atoms with Crippen LogP contribution in [0.5, 0.6) is 0 Å². The van der Waals surface area contributed by atoms with E-state index in [0.717, 1.165) is 0 Å². The van der Waals surface area contributed by atoms with Gasteiger partial charge in [-0.15, -0.1) is 0 Å². The average molecular weight is 181 g/mol. The van der Waals surface area contributed by atoms with Crippen molar-refractivity contribution in [3.05, 3.63) is 24.7 Å². The molecule has 0 saturated heterocycles. The van der Waals surface area contributed by atoms with Gasteiger partial charge in [0.1, 0.15) is 5.82 Å². The molecule has 0 bridgehead atoms. The average Bonchev–Trinajstić information content (AvgIpc) is 2.01. The molecule has 0 spiro atoms. The second-order valence-corrected chi connectivity index (χ2v) is 3.88. The first kappa shape index (κ1) is 9.80. The highest BCUT2D eigenvalue weighted by Gasteiger charge is 2.22. The number of nitrogens with zero attached hydrogens (tertiary/aromatic N) is 2. The van der Waals surface area contributed by atoms with E-state index in [1.807, 2.05) is 16.6 Å². The molecule has 0 aromatic carbocycles. The fourth-order valence-electron chi connectivity index (χ4n) is 1.13. The zero-order chi connectivity index (χ0) is 10.1. The first-order valence-electron chi connectivity index (χ1n) is 4.10. The zero-order valence-electron chi connectivity index (χ0n) is 8.20. The third kappa shape index (κ3) is 2.09. The largest absolute Gasteiger partial charge is 0.328 e. The van der Waals surface area contributed by atoms with Crippen molar-refractivity contribution in [2.75, 3.05) is 0 Å². The SMILES string of the molecule is C=C1N=C(NO)C=CN1C(C)(C)C. The molecule has 0 amide bonds. The molecule has 0 saturated carbocycles. The Morgan fingerprint density at radius 2 is 2.15 bits per heavy atom. The highest BCUT2D eigenvalue weighted by molar-refractivity contribution is 5.93. The first-order valence-corrected chi connectivity index (χ1v) is 4.10. The number of hydroxylamine groups is 1. The van der Waals surface area contributed by atoms with Crippen LogP contribution in [-0.2, 0) is 0 Å². The summed E-state index contributed by atoms with van der Waals surface area (Å²) in [5.41, 5.74) is 1.94. The summed E-state index contributed by atoms with van der Waals surface area (Å²) in [6.45, 7) is 9.99. The van der Waals surface area contributed by atoms with Crippen LogP contribution in [0, 0.1) is 0 Å². The van der Waals surface area contributed by atoms with Gasteiger partial charge in [0, 0.05) is 11.7 Å². The van der Waals surface area contributed by atoms with Crippen LogP contribution in [0.3, 0.4) is 0 Å². The molecule has 4 heteroatoms. The van der Waals surface area contributed by atoms with Gasteiger partial charge in [0.2, 0.25) is 0 Å². The molecule has 1 aliphatic heterocycles. The lowest BCUT2D eigenvalue weighted by molar-refractivity contribution is 0.228. The molecular weight excluding hydrogens is 166 g/mol. The molecule has 0 aliphatic carbocycles. The Balaban J connectivity index is 2.84. The molecule has 0 atom stereocenters. The Hall–Kier alpha value is -1.29. The molecule has 0 radical (unpaired) electrons. The van der Waals surface area contributed by atoms with Crippen LogP contribution >= 0.6 is 0 Å². The number of nitrogens with one attached hydrogen (secondary N) is 1. The molecular formula is C9H15N3O. The Bertz CT molecular complexity index is 273. The van der Waals surface area contributed by atoms with E-state index >= 15 is 0 Å². The summed E-state index contributed by atoms with van der Waals surface area (Å²) in [6.07, 6.45) is 3.54. The van der Waals surface area contributed by atoms with Gasteiger partial charge in [-0.05, 0) is 26.8 Å². The minimum absolute atomic E-state index is 0.0436. The third-order valence-electron chi connectivity index (χ3n) is 1.75. The monoisotopic (exact) mass is 181 g/mol. The molecule has 0 unspecified atom stereocenters. The van der Waals surface area contributed by atoms with E-state index in [-0.39, 0.29) is 5.54 Å². The fourth-order valence-corrected chi connectivity index (χ4v) is 1.13. The van der Waals surface area contributed by atoms with E-state index in [1.54, 1.807) is 6.08 Å². The van der Waals surface area contributed by atoms with Gasteiger partial charge in [-0.2, -0.15) is 0 Å². The van der Waals surface area contributed by atoms with Crippen molar-refractivity contribution in [3.8, 4) is 0 Å². The smallest absolute Gasteiger partial charge is 0.153 e. The van der Waals surface area contributed by atoms with E-state index in [1.165, 1.54) is 0 Å². The molecule has 1 rings (SSSR count).